The third kappa shape index (κ3) is 4.77. The van der Waals surface area contributed by atoms with Crippen LogP contribution in [0.2, 0.25) is 5.02 Å². The summed E-state index contributed by atoms with van der Waals surface area (Å²) in [7, 11) is 0. The van der Waals surface area contributed by atoms with E-state index in [1.54, 1.807) is 0 Å². The van der Waals surface area contributed by atoms with Gasteiger partial charge >= 0.3 is 0 Å². The molecule has 1 aromatic rings. The predicted molar refractivity (Wildman–Crippen MR) is 75.5 cm³/mol. The van der Waals surface area contributed by atoms with E-state index in [9.17, 15) is 0 Å². The Kier molecular flexibility index (Phi) is 6.25. The van der Waals surface area contributed by atoms with Gasteiger partial charge in [0.1, 0.15) is 0 Å². The quantitative estimate of drug-likeness (QED) is 0.822. The Morgan fingerprint density at radius 3 is 2.75 bits per heavy atom. The number of hydrogen-bond acceptors (Lipinski definition) is 2. The number of benzene rings is 1. The topological polar surface area (TPSA) is 12.0 Å². The van der Waals surface area contributed by atoms with Crippen molar-refractivity contribution >= 4 is 23.4 Å². The first-order chi connectivity index (χ1) is 7.63. The van der Waals surface area contributed by atoms with Crippen LogP contribution in [0.1, 0.15) is 32.4 Å². The van der Waals surface area contributed by atoms with E-state index in [4.69, 9.17) is 11.6 Å². The highest BCUT2D eigenvalue weighted by Crippen LogP contribution is 2.18. The van der Waals surface area contributed by atoms with Crippen molar-refractivity contribution < 1.29 is 0 Å². The van der Waals surface area contributed by atoms with E-state index in [-0.39, 0.29) is 0 Å². The van der Waals surface area contributed by atoms with Crippen molar-refractivity contribution in [3.8, 4) is 0 Å². The summed E-state index contributed by atoms with van der Waals surface area (Å²) < 4.78 is 0. The van der Waals surface area contributed by atoms with Gasteiger partial charge in [0.25, 0.3) is 0 Å². The molecular weight excluding hydrogens is 238 g/mol. The Balaban J connectivity index is 2.48. The second kappa shape index (κ2) is 7.21. The average molecular weight is 258 g/mol. The second-order valence-electron chi connectivity index (χ2n) is 4.00. The lowest BCUT2D eigenvalue weighted by Crippen LogP contribution is -2.30. The molecule has 16 heavy (non-hydrogen) atoms. The molecule has 0 aromatic heterocycles. The smallest absolute Gasteiger partial charge is 0.0409 e. The van der Waals surface area contributed by atoms with Crippen LogP contribution in [0.3, 0.4) is 0 Å². The maximum atomic E-state index is 5.98. The Hall–Kier alpha value is -0.180. The van der Waals surface area contributed by atoms with Gasteiger partial charge in [0.15, 0.2) is 0 Å². The first-order valence-corrected chi connectivity index (χ1v) is 7.26. The zero-order valence-electron chi connectivity index (χ0n) is 10.2. The highest BCUT2D eigenvalue weighted by Gasteiger charge is 2.09. The SMILES string of the molecule is CCSCC(C)NC(C)c1cccc(Cl)c1. The monoisotopic (exact) mass is 257 g/mol. The Bertz CT molecular complexity index is 317. The van der Waals surface area contributed by atoms with Crippen LogP contribution in [0, 0.1) is 0 Å². The molecule has 1 rings (SSSR count). The van der Waals surface area contributed by atoms with Gasteiger partial charge in [-0.05, 0) is 37.3 Å². The molecule has 0 heterocycles. The summed E-state index contributed by atoms with van der Waals surface area (Å²) >= 11 is 7.95. The molecule has 3 heteroatoms. The summed E-state index contributed by atoms with van der Waals surface area (Å²) in [5.41, 5.74) is 1.25. The molecule has 0 aliphatic carbocycles. The van der Waals surface area contributed by atoms with Crippen molar-refractivity contribution in [3.05, 3.63) is 34.9 Å². The Morgan fingerprint density at radius 1 is 1.38 bits per heavy atom. The van der Waals surface area contributed by atoms with Crippen LogP contribution in [0.4, 0.5) is 0 Å². The fourth-order valence-corrected chi connectivity index (χ4v) is 2.53. The van der Waals surface area contributed by atoms with Crippen molar-refractivity contribution in [2.45, 2.75) is 32.9 Å². The maximum absolute atomic E-state index is 5.98. The lowest BCUT2D eigenvalue weighted by Gasteiger charge is -2.20. The van der Waals surface area contributed by atoms with Crippen molar-refractivity contribution in [2.24, 2.45) is 0 Å². The van der Waals surface area contributed by atoms with Crippen LogP contribution in [0.5, 0.6) is 0 Å². The zero-order valence-corrected chi connectivity index (χ0v) is 11.7. The summed E-state index contributed by atoms with van der Waals surface area (Å²) in [4.78, 5) is 0. The number of thioether (sulfide) groups is 1. The van der Waals surface area contributed by atoms with Gasteiger partial charge in [-0.25, -0.2) is 0 Å². The van der Waals surface area contributed by atoms with Gasteiger partial charge in [0.2, 0.25) is 0 Å². The molecule has 0 bridgehead atoms. The molecule has 0 aliphatic heterocycles. The lowest BCUT2D eigenvalue weighted by atomic mass is 10.1. The van der Waals surface area contributed by atoms with Gasteiger partial charge < -0.3 is 5.32 Å². The van der Waals surface area contributed by atoms with Gasteiger partial charge in [-0.2, -0.15) is 11.8 Å². The fraction of sp³-hybridized carbons (Fsp3) is 0.538. The van der Waals surface area contributed by atoms with Crippen molar-refractivity contribution in [3.63, 3.8) is 0 Å². The lowest BCUT2D eigenvalue weighted by molar-refractivity contribution is 0.511. The van der Waals surface area contributed by atoms with Crippen LogP contribution < -0.4 is 5.32 Å². The van der Waals surface area contributed by atoms with Gasteiger partial charge in [-0.1, -0.05) is 30.7 Å². The van der Waals surface area contributed by atoms with Crippen LogP contribution in [-0.2, 0) is 0 Å². The van der Waals surface area contributed by atoms with E-state index in [0.29, 0.717) is 12.1 Å². The van der Waals surface area contributed by atoms with Crippen molar-refractivity contribution in [1.82, 2.24) is 5.32 Å². The number of halogens is 1. The average Bonchev–Trinajstić information content (AvgIpc) is 2.26. The molecule has 0 fully saturated rings. The molecule has 0 saturated heterocycles. The molecule has 1 nitrogen and oxygen atoms in total. The van der Waals surface area contributed by atoms with Gasteiger partial charge in [-0.3, -0.25) is 0 Å². The number of hydrogen-bond donors (Lipinski definition) is 1. The van der Waals surface area contributed by atoms with E-state index < -0.39 is 0 Å². The maximum Gasteiger partial charge on any atom is 0.0409 e. The number of nitrogens with one attached hydrogen (secondary N) is 1. The van der Waals surface area contributed by atoms with Gasteiger partial charge in [-0.15, -0.1) is 0 Å². The first kappa shape index (κ1) is 13.9. The normalized spacial score (nSPS) is 14.8. The summed E-state index contributed by atoms with van der Waals surface area (Å²) in [5, 5.41) is 4.39. The molecule has 2 unspecified atom stereocenters. The second-order valence-corrected chi connectivity index (χ2v) is 5.76. The summed E-state index contributed by atoms with van der Waals surface area (Å²) in [6, 6.07) is 8.93. The zero-order chi connectivity index (χ0) is 12.0. The molecular formula is C13H20ClNS. The van der Waals surface area contributed by atoms with Crippen LogP contribution in [0.15, 0.2) is 24.3 Å². The van der Waals surface area contributed by atoms with E-state index in [0.717, 1.165) is 10.8 Å². The Labute approximate surface area is 108 Å². The molecule has 2 atom stereocenters. The number of rotatable bonds is 6. The largest absolute Gasteiger partial charge is 0.307 e. The van der Waals surface area contributed by atoms with E-state index in [2.05, 4.69) is 32.2 Å². The highest BCUT2D eigenvalue weighted by atomic mass is 35.5. The molecule has 1 N–H and O–H groups in total. The van der Waals surface area contributed by atoms with E-state index in [1.807, 2.05) is 30.0 Å². The molecule has 1 aromatic carbocycles. The van der Waals surface area contributed by atoms with Crippen molar-refractivity contribution in [2.75, 3.05) is 11.5 Å². The van der Waals surface area contributed by atoms with Gasteiger partial charge in [0.05, 0.1) is 0 Å². The van der Waals surface area contributed by atoms with Gasteiger partial charge in [0, 0.05) is 22.9 Å². The van der Waals surface area contributed by atoms with Crippen molar-refractivity contribution in [1.29, 1.82) is 0 Å². The molecule has 0 spiro atoms. The fourth-order valence-electron chi connectivity index (χ4n) is 1.64. The third-order valence-electron chi connectivity index (χ3n) is 2.46. The molecule has 0 radical (unpaired) electrons. The minimum Gasteiger partial charge on any atom is -0.307 e. The summed E-state index contributed by atoms with van der Waals surface area (Å²) in [6.45, 7) is 6.60. The Morgan fingerprint density at radius 2 is 2.12 bits per heavy atom. The van der Waals surface area contributed by atoms with E-state index in [1.165, 1.54) is 11.3 Å². The molecule has 90 valence electrons. The molecule has 0 saturated carbocycles. The first-order valence-electron chi connectivity index (χ1n) is 5.72. The molecule has 0 aliphatic rings. The van der Waals surface area contributed by atoms with Crippen LogP contribution >= 0.6 is 23.4 Å². The minimum atomic E-state index is 0.353. The van der Waals surface area contributed by atoms with Crippen LogP contribution in [-0.4, -0.2) is 17.5 Å². The highest BCUT2D eigenvalue weighted by molar-refractivity contribution is 7.99. The molecule has 0 amide bonds. The minimum absolute atomic E-state index is 0.353. The summed E-state index contributed by atoms with van der Waals surface area (Å²) in [5.74, 6) is 2.33. The van der Waals surface area contributed by atoms with Crippen LogP contribution in [0.25, 0.3) is 0 Å². The summed E-state index contributed by atoms with van der Waals surface area (Å²) in [6.07, 6.45) is 0. The van der Waals surface area contributed by atoms with E-state index >= 15 is 0 Å². The standard InChI is InChI=1S/C13H20ClNS/c1-4-16-9-10(2)15-11(3)12-6-5-7-13(14)8-12/h5-8,10-11,15H,4,9H2,1-3H3. The predicted octanol–water partition coefficient (Wildman–Crippen LogP) is 4.13. The third-order valence-corrected chi connectivity index (χ3v) is 3.83.